The SMILES string of the molecule is C=C(C)CC1CCN(c2cncc(C3CCC(=O)NC3=O)c2)CC1. The van der Waals surface area contributed by atoms with Gasteiger partial charge in [-0.25, -0.2) is 0 Å². The molecule has 5 nitrogen and oxygen atoms in total. The summed E-state index contributed by atoms with van der Waals surface area (Å²) in [6, 6.07) is 2.06. The molecule has 0 aromatic carbocycles. The number of aromatic nitrogens is 1. The maximum absolute atomic E-state index is 12.1. The molecule has 2 aliphatic rings. The number of piperidine rings is 2. The highest BCUT2D eigenvalue weighted by Gasteiger charge is 2.29. The second-order valence-electron chi connectivity index (χ2n) is 7.07. The third-order valence-electron chi connectivity index (χ3n) is 5.00. The molecule has 128 valence electrons. The molecule has 0 spiro atoms. The van der Waals surface area contributed by atoms with E-state index in [9.17, 15) is 9.59 Å². The molecule has 1 unspecified atom stereocenters. The van der Waals surface area contributed by atoms with E-state index in [1.165, 1.54) is 5.57 Å². The van der Waals surface area contributed by atoms with Crippen LogP contribution >= 0.6 is 0 Å². The number of carbonyl (C=O) groups excluding carboxylic acids is 2. The van der Waals surface area contributed by atoms with Crippen LogP contribution in [-0.4, -0.2) is 29.9 Å². The van der Waals surface area contributed by atoms with E-state index in [0.29, 0.717) is 12.8 Å². The Labute approximate surface area is 143 Å². The van der Waals surface area contributed by atoms with Crippen LogP contribution in [0.15, 0.2) is 30.6 Å². The molecule has 1 aromatic rings. The molecule has 5 heteroatoms. The van der Waals surface area contributed by atoms with Gasteiger partial charge in [0.15, 0.2) is 0 Å². The number of nitrogens with zero attached hydrogens (tertiary/aromatic N) is 2. The highest BCUT2D eigenvalue weighted by Crippen LogP contribution is 2.30. The highest BCUT2D eigenvalue weighted by molar-refractivity contribution is 6.00. The normalized spacial score (nSPS) is 22.4. The van der Waals surface area contributed by atoms with Gasteiger partial charge in [0.1, 0.15) is 0 Å². The number of hydrogen-bond donors (Lipinski definition) is 1. The van der Waals surface area contributed by atoms with Crippen LogP contribution < -0.4 is 10.2 Å². The Morgan fingerprint density at radius 1 is 1.29 bits per heavy atom. The minimum Gasteiger partial charge on any atom is -0.370 e. The number of imide groups is 1. The smallest absolute Gasteiger partial charge is 0.234 e. The molecule has 2 fully saturated rings. The summed E-state index contributed by atoms with van der Waals surface area (Å²) in [6.45, 7) is 8.14. The van der Waals surface area contributed by atoms with Gasteiger partial charge in [-0.05, 0) is 50.2 Å². The van der Waals surface area contributed by atoms with Crippen molar-refractivity contribution in [2.45, 2.75) is 44.9 Å². The van der Waals surface area contributed by atoms with Crippen LogP contribution in [0, 0.1) is 5.92 Å². The fraction of sp³-hybridized carbons (Fsp3) is 0.526. The fourth-order valence-corrected chi connectivity index (χ4v) is 3.71. The van der Waals surface area contributed by atoms with Gasteiger partial charge in [0.2, 0.25) is 11.8 Å². The summed E-state index contributed by atoms with van der Waals surface area (Å²) in [4.78, 5) is 30.0. The van der Waals surface area contributed by atoms with Crippen molar-refractivity contribution >= 4 is 17.5 Å². The third-order valence-corrected chi connectivity index (χ3v) is 5.00. The van der Waals surface area contributed by atoms with Gasteiger partial charge in [0, 0.05) is 25.7 Å². The van der Waals surface area contributed by atoms with E-state index in [1.807, 2.05) is 6.20 Å². The Morgan fingerprint density at radius 3 is 2.71 bits per heavy atom. The monoisotopic (exact) mass is 327 g/mol. The minimum atomic E-state index is -0.267. The number of amides is 2. The molecule has 0 saturated carbocycles. The molecule has 0 bridgehead atoms. The third kappa shape index (κ3) is 3.83. The van der Waals surface area contributed by atoms with Gasteiger partial charge in [-0.3, -0.25) is 19.9 Å². The number of anilines is 1. The molecule has 3 rings (SSSR count). The Kier molecular flexibility index (Phi) is 4.97. The van der Waals surface area contributed by atoms with Crippen LogP contribution in [0.4, 0.5) is 5.69 Å². The minimum absolute atomic E-state index is 0.181. The Hall–Kier alpha value is -2.17. The van der Waals surface area contributed by atoms with Crippen molar-refractivity contribution in [1.29, 1.82) is 0 Å². The predicted molar refractivity (Wildman–Crippen MR) is 93.7 cm³/mol. The lowest BCUT2D eigenvalue weighted by Gasteiger charge is -2.34. The fourth-order valence-electron chi connectivity index (χ4n) is 3.71. The molecule has 2 saturated heterocycles. The van der Waals surface area contributed by atoms with E-state index in [4.69, 9.17) is 0 Å². The van der Waals surface area contributed by atoms with Gasteiger partial charge in [-0.15, -0.1) is 6.58 Å². The summed E-state index contributed by atoms with van der Waals surface area (Å²) in [5.74, 6) is 0.0754. The number of carbonyl (C=O) groups is 2. The number of allylic oxidation sites excluding steroid dienone is 1. The van der Waals surface area contributed by atoms with E-state index in [-0.39, 0.29) is 17.7 Å². The number of pyridine rings is 1. The van der Waals surface area contributed by atoms with Gasteiger partial charge < -0.3 is 4.90 Å². The van der Waals surface area contributed by atoms with E-state index < -0.39 is 0 Å². The summed E-state index contributed by atoms with van der Waals surface area (Å²) >= 11 is 0. The van der Waals surface area contributed by atoms with Gasteiger partial charge in [-0.2, -0.15) is 0 Å². The van der Waals surface area contributed by atoms with Crippen molar-refractivity contribution in [2.24, 2.45) is 5.92 Å². The Balaban J connectivity index is 1.67. The lowest BCUT2D eigenvalue weighted by molar-refractivity contribution is -0.134. The van der Waals surface area contributed by atoms with Crippen molar-refractivity contribution in [1.82, 2.24) is 10.3 Å². The van der Waals surface area contributed by atoms with Crippen LogP contribution in [0.25, 0.3) is 0 Å². The van der Waals surface area contributed by atoms with Crippen molar-refractivity contribution in [3.8, 4) is 0 Å². The van der Waals surface area contributed by atoms with Crippen LogP contribution in [-0.2, 0) is 9.59 Å². The molecule has 1 aromatic heterocycles. The number of nitrogens with one attached hydrogen (secondary N) is 1. The van der Waals surface area contributed by atoms with Crippen LogP contribution in [0.3, 0.4) is 0 Å². The first kappa shape index (κ1) is 16.7. The average Bonchev–Trinajstić information content (AvgIpc) is 2.55. The summed E-state index contributed by atoms with van der Waals surface area (Å²) in [6.07, 6.45) is 8.02. The maximum atomic E-state index is 12.1. The molecule has 2 amide bonds. The van der Waals surface area contributed by atoms with Gasteiger partial charge in [0.25, 0.3) is 0 Å². The van der Waals surface area contributed by atoms with Gasteiger partial charge >= 0.3 is 0 Å². The molecule has 0 aliphatic carbocycles. The second kappa shape index (κ2) is 7.16. The molecule has 2 aliphatic heterocycles. The topological polar surface area (TPSA) is 62.3 Å². The molecular formula is C19H25N3O2. The maximum Gasteiger partial charge on any atom is 0.234 e. The zero-order valence-corrected chi connectivity index (χ0v) is 14.3. The first-order valence-electron chi connectivity index (χ1n) is 8.71. The van der Waals surface area contributed by atoms with Gasteiger partial charge in [-0.1, -0.05) is 5.57 Å². The average molecular weight is 327 g/mol. The molecular weight excluding hydrogens is 302 g/mol. The number of hydrogen-bond acceptors (Lipinski definition) is 4. The summed E-state index contributed by atoms with van der Waals surface area (Å²) in [7, 11) is 0. The zero-order valence-electron chi connectivity index (χ0n) is 14.3. The first-order valence-corrected chi connectivity index (χ1v) is 8.71. The van der Waals surface area contributed by atoms with E-state index in [0.717, 1.165) is 49.5 Å². The van der Waals surface area contributed by atoms with Crippen LogP contribution in [0.1, 0.15) is 50.5 Å². The van der Waals surface area contributed by atoms with Crippen LogP contribution in [0.5, 0.6) is 0 Å². The number of rotatable bonds is 4. The Bertz CT molecular complexity index is 648. The van der Waals surface area contributed by atoms with Crippen molar-refractivity contribution in [3.05, 3.63) is 36.2 Å². The standard InChI is InChI=1S/C19H25N3O2/c1-13(2)9-14-5-7-22(8-6-14)16-10-15(11-20-12-16)17-3-4-18(23)21-19(17)24/h10-12,14,17H,1,3-9H2,2H3,(H,21,23,24). The van der Waals surface area contributed by atoms with Crippen molar-refractivity contribution in [3.63, 3.8) is 0 Å². The summed E-state index contributed by atoms with van der Waals surface area (Å²) in [5, 5.41) is 2.42. The summed E-state index contributed by atoms with van der Waals surface area (Å²) in [5.41, 5.74) is 3.24. The molecule has 3 heterocycles. The second-order valence-corrected chi connectivity index (χ2v) is 7.07. The molecule has 24 heavy (non-hydrogen) atoms. The lowest BCUT2D eigenvalue weighted by Crippen LogP contribution is -2.39. The predicted octanol–water partition coefficient (Wildman–Crippen LogP) is 2.78. The quantitative estimate of drug-likeness (QED) is 0.682. The van der Waals surface area contributed by atoms with Crippen LogP contribution in [0.2, 0.25) is 0 Å². The molecule has 0 radical (unpaired) electrons. The highest BCUT2D eigenvalue weighted by atomic mass is 16.2. The van der Waals surface area contributed by atoms with Gasteiger partial charge in [0.05, 0.1) is 17.8 Å². The van der Waals surface area contributed by atoms with E-state index in [1.54, 1.807) is 6.20 Å². The van der Waals surface area contributed by atoms with E-state index >= 15 is 0 Å². The zero-order chi connectivity index (χ0) is 17.1. The lowest BCUT2D eigenvalue weighted by atomic mass is 9.90. The largest absolute Gasteiger partial charge is 0.370 e. The van der Waals surface area contributed by atoms with E-state index in [2.05, 4.69) is 34.8 Å². The molecule has 1 N–H and O–H groups in total. The Morgan fingerprint density at radius 2 is 2.04 bits per heavy atom. The first-order chi connectivity index (χ1) is 11.5. The van der Waals surface area contributed by atoms with Crippen molar-refractivity contribution in [2.75, 3.05) is 18.0 Å². The summed E-state index contributed by atoms with van der Waals surface area (Å²) < 4.78 is 0. The van der Waals surface area contributed by atoms with Crippen molar-refractivity contribution < 1.29 is 9.59 Å². The molecule has 1 atom stereocenters.